The largest absolute Gasteiger partial charge is 0.457 e. The maximum Gasteiger partial charge on any atom is 0.264 e. The van der Waals surface area contributed by atoms with Crippen LogP contribution >= 0.6 is 0 Å². The highest BCUT2D eigenvalue weighted by Crippen LogP contribution is 2.37. The Kier molecular flexibility index (Phi) is 10.6. The predicted molar refractivity (Wildman–Crippen MR) is 188 cm³/mol. The fourth-order valence-electron chi connectivity index (χ4n) is 6.71. The first-order chi connectivity index (χ1) is 24.2. The molecule has 3 fully saturated rings. The molecule has 3 saturated heterocycles. The van der Waals surface area contributed by atoms with E-state index >= 15 is 4.39 Å². The third-order valence-electron chi connectivity index (χ3n) is 9.62. The average molecular weight is 684 g/mol. The van der Waals surface area contributed by atoms with E-state index in [9.17, 15) is 15.0 Å². The Balaban J connectivity index is 1.15. The molecule has 0 radical (unpaired) electrons. The molecule has 13 nitrogen and oxygen atoms in total. The van der Waals surface area contributed by atoms with Crippen molar-refractivity contribution in [1.82, 2.24) is 19.7 Å². The van der Waals surface area contributed by atoms with Gasteiger partial charge in [-0.1, -0.05) is 18.2 Å². The number of hydrogen-bond donors (Lipinski definition) is 2. The first-order valence-corrected chi connectivity index (χ1v) is 16.8. The van der Waals surface area contributed by atoms with Crippen LogP contribution in [0.15, 0.2) is 77.7 Å². The predicted octanol–water partition coefficient (Wildman–Crippen LogP) is 5.06. The van der Waals surface area contributed by atoms with Crippen LogP contribution < -0.4 is 20.8 Å². The number of aromatic nitrogens is 1. The number of amides is 1. The molecule has 14 heteroatoms. The lowest BCUT2D eigenvalue weighted by Crippen LogP contribution is -2.59. The number of rotatable bonds is 11. The van der Waals surface area contributed by atoms with E-state index < -0.39 is 23.3 Å². The van der Waals surface area contributed by atoms with Gasteiger partial charge in [0, 0.05) is 57.1 Å². The molecule has 3 aromatic rings. The first kappa shape index (κ1) is 34.8. The zero-order valence-corrected chi connectivity index (χ0v) is 28.3. The molecule has 1 amide bonds. The maximum absolute atomic E-state index is 15.3. The number of carbonyl (C=O) groups is 1. The van der Waals surface area contributed by atoms with E-state index in [1.165, 1.54) is 23.3 Å². The quantitative estimate of drug-likeness (QED) is 0.121. The van der Waals surface area contributed by atoms with Crippen LogP contribution in [0.4, 0.5) is 27.3 Å². The summed E-state index contributed by atoms with van der Waals surface area (Å²) < 4.78 is 26.4. The summed E-state index contributed by atoms with van der Waals surface area (Å²) in [6, 6.07) is 17.0. The number of anilines is 4. The SMILES string of the molecule is CC(C)(/C=C(\C#N)C(=O)N1CCCC(N(N=O)c2ccnc(N)c2Nc2ccc(Oc3ccccc3)cc2F)C1)N1CCN(C2COC2)CC1. The van der Waals surface area contributed by atoms with Crippen molar-refractivity contribution in [3.05, 3.63) is 83.2 Å². The number of nitriles is 1. The van der Waals surface area contributed by atoms with E-state index in [2.05, 4.69) is 31.5 Å². The normalized spacial score (nSPS) is 19.3. The fourth-order valence-corrected chi connectivity index (χ4v) is 6.71. The highest BCUT2D eigenvalue weighted by Gasteiger charge is 2.36. The van der Waals surface area contributed by atoms with Crippen molar-refractivity contribution in [2.75, 3.05) is 68.5 Å². The molecule has 0 saturated carbocycles. The van der Waals surface area contributed by atoms with Gasteiger partial charge < -0.3 is 25.4 Å². The van der Waals surface area contributed by atoms with Gasteiger partial charge in [-0.05, 0) is 63.1 Å². The molecule has 0 bridgehead atoms. The van der Waals surface area contributed by atoms with Crippen molar-refractivity contribution in [1.29, 1.82) is 5.26 Å². The number of ether oxygens (including phenoxy) is 2. The van der Waals surface area contributed by atoms with Crippen molar-refractivity contribution in [2.24, 2.45) is 5.29 Å². The van der Waals surface area contributed by atoms with Gasteiger partial charge in [0.05, 0.1) is 42.0 Å². The van der Waals surface area contributed by atoms with Crippen molar-refractivity contribution in [3.8, 4) is 17.6 Å². The van der Waals surface area contributed by atoms with Gasteiger partial charge in [-0.15, -0.1) is 4.91 Å². The molecule has 6 rings (SSSR count). The van der Waals surface area contributed by atoms with Gasteiger partial charge in [0.1, 0.15) is 40.5 Å². The number of halogens is 1. The number of piperazine rings is 1. The Labute approximate surface area is 291 Å². The van der Waals surface area contributed by atoms with E-state index in [0.717, 1.165) is 39.4 Å². The molecule has 1 atom stereocenters. The van der Waals surface area contributed by atoms with E-state index in [4.69, 9.17) is 15.2 Å². The highest BCUT2D eigenvalue weighted by molar-refractivity contribution is 5.97. The van der Waals surface area contributed by atoms with E-state index in [0.29, 0.717) is 36.9 Å². The van der Waals surface area contributed by atoms with Gasteiger partial charge in [-0.2, -0.15) is 5.26 Å². The molecule has 2 aromatic carbocycles. The molecule has 1 unspecified atom stereocenters. The number of carbonyl (C=O) groups excluding carboxylic acids is 1. The second-order valence-electron chi connectivity index (χ2n) is 13.3. The van der Waals surface area contributed by atoms with Crippen molar-refractivity contribution < 1.29 is 18.7 Å². The summed E-state index contributed by atoms with van der Waals surface area (Å²) in [6.45, 7) is 9.60. The summed E-state index contributed by atoms with van der Waals surface area (Å²) >= 11 is 0. The molecular weight excluding hydrogens is 641 g/mol. The van der Waals surface area contributed by atoms with Gasteiger partial charge in [-0.25, -0.2) is 14.4 Å². The van der Waals surface area contributed by atoms with Crippen LogP contribution in [0.5, 0.6) is 11.5 Å². The molecule has 4 heterocycles. The molecule has 3 aliphatic rings. The number of nitroso groups, excluding NO2 is 1. The minimum Gasteiger partial charge on any atom is -0.457 e. The Hall–Kier alpha value is -5.10. The van der Waals surface area contributed by atoms with Crippen LogP contribution in [-0.4, -0.2) is 95.7 Å². The number of nitrogens with two attached hydrogens (primary N) is 1. The smallest absolute Gasteiger partial charge is 0.264 e. The lowest BCUT2D eigenvalue weighted by Gasteiger charge is -2.46. The summed E-state index contributed by atoms with van der Waals surface area (Å²) in [5.74, 6) is -0.107. The molecule has 3 N–H and O–H groups in total. The van der Waals surface area contributed by atoms with Crippen LogP contribution in [-0.2, 0) is 9.53 Å². The molecule has 1 aromatic heterocycles. The van der Waals surface area contributed by atoms with Crippen molar-refractivity contribution >= 4 is 28.8 Å². The third kappa shape index (κ3) is 7.70. The molecule has 262 valence electrons. The number of nitrogen functional groups attached to an aromatic ring is 1. The van der Waals surface area contributed by atoms with Crippen LogP contribution in [0.3, 0.4) is 0 Å². The van der Waals surface area contributed by atoms with E-state index in [1.54, 1.807) is 35.2 Å². The topological polar surface area (TPSA) is 153 Å². The van der Waals surface area contributed by atoms with Gasteiger partial charge in [0.25, 0.3) is 5.91 Å². The molecule has 0 aliphatic carbocycles. The molecular formula is C36H42FN9O4. The Bertz CT molecular complexity index is 1750. The zero-order valence-electron chi connectivity index (χ0n) is 28.3. The lowest BCUT2D eigenvalue weighted by molar-refractivity contribution is -0.128. The Morgan fingerprint density at radius 1 is 1.14 bits per heavy atom. The van der Waals surface area contributed by atoms with Gasteiger partial charge in [0.15, 0.2) is 0 Å². The third-order valence-corrected chi connectivity index (χ3v) is 9.62. The second-order valence-corrected chi connectivity index (χ2v) is 13.3. The van der Waals surface area contributed by atoms with Gasteiger partial charge in [0.2, 0.25) is 0 Å². The average Bonchev–Trinajstić information content (AvgIpc) is 3.09. The number of benzene rings is 2. The highest BCUT2D eigenvalue weighted by atomic mass is 19.1. The number of nitrogens with zero attached hydrogens (tertiary/aromatic N) is 7. The van der Waals surface area contributed by atoms with Crippen LogP contribution in [0, 0.1) is 22.1 Å². The van der Waals surface area contributed by atoms with Crippen molar-refractivity contribution in [2.45, 2.75) is 44.3 Å². The first-order valence-electron chi connectivity index (χ1n) is 16.8. The summed E-state index contributed by atoms with van der Waals surface area (Å²) in [4.78, 5) is 36.7. The summed E-state index contributed by atoms with van der Waals surface area (Å²) in [7, 11) is 0. The molecule has 0 spiro atoms. The number of piperidine rings is 1. The van der Waals surface area contributed by atoms with Gasteiger partial charge >= 0.3 is 0 Å². The standard InChI is InChI=1S/C36H42FN9O4/c1-36(2,45-17-15-43(16-18-45)27-23-49-24-27)20-25(21-38)35(47)44-14-6-7-26(22-44)46(42-48)32-12-13-40-34(39)33(32)41-31-11-10-29(19-30(31)37)50-28-8-4-3-5-9-28/h3-5,8-13,19-20,26-27,41H,6-7,14-18,22-24H2,1-2H3,(H2,39,40)/b25-20+. The number of likely N-dealkylation sites (tertiary alicyclic amines) is 1. The van der Waals surface area contributed by atoms with Crippen LogP contribution in [0.25, 0.3) is 0 Å². The number of hydrogen-bond acceptors (Lipinski definition) is 11. The summed E-state index contributed by atoms with van der Waals surface area (Å²) in [5.41, 5.74) is 6.34. The number of nitrogens with one attached hydrogen (secondary N) is 1. The monoisotopic (exact) mass is 683 g/mol. The minimum absolute atomic E-state index is 0.0303. The van der Waals surface area contributed by atoms with E-state index in [-0.39, 0.29) is 35.0 Å². The molecule has 50 heavy (non-hydrogen) atoms. The fraction of sp³-hybridized carbons (Fsp3) is 0.417. The molecule has 3 aliphatic heterocycles. The Morgan fingerprint density at radius 2 is 1.90 bits per heavy atom. The number of para-hydroxylation sites is 1. The second kappa shape index (κ2) is 15.2. The minimum atomic E-state index is -0.610. The van der Waals surface area contributed by atoms with Gasteiger partial charge in [-0.3, -0.25) is 14.6 Å². The number of pyridine rings is 1. The summed E-state index contributed by atoms with van der Waals surface area (Å²) in [5, 5.41) is 17.7. The van der Waals surface area contributed by atoms with Crippen LogP contribution in [0.1, 0.15) is 26.7 Å². The Morgan fingerprint density at radius 3 is 2.56 bits per heavy atom. The zero-order chi connectivity index (χ0) is 35.3. The summed E-state index contributed by atoms with van der Waals surface area (Å²) in [6.07, 6.45) is 4.32. The van der Waals surface area contributed by atoms with Crippen LogP contribution in [0.2, 0.25) is 0 Å². The maximum atomic E-state index is 15.3. The lowest BCUT2D eigenvalue weighted by atomic mass is 9.96. The van der Waals surface area contributed by atoms with E-state index in [1.807, 2.05) is 32.0 Å². The van der Waals surface area contributed by atoms with Crippen molar-refractivity contribution in [3.63, 3.8) is 0 Å².